The summed E-state index contributed by atoms with van der Waals surface area (Å²) >= 11 is 0. The Labute approximate surface area is 118 Å². The summed E-state index contributed by atoms with van der Waals surface area (Å²) in [5.74, 6) is 4.57. The van der Waals surface area contributed by atoms with Gasteiger partial charge in [-0.05, 0) is 18.9 Å². The minimum absolute atomic E-state index is 0.139. The van der Waals surface area contributed by atoms with Gasteiger partial charge in [-0.1, -0.05) is 12.8 Å². The zero-order chi connectivity index (χ0) is 14.8. The van der Waals surface area contributed by atoms with Crippen LogP contribution in [0.1, 0.15) is 36.2 Å². The molecule has 1 fully saturated rings. The van der Waals surface area contributed by atoms with Gasteiger partial charge in [0.05, 0.1) is 0 Å². The SMILES string of the molecule is Cn1cc(S(=O)(=O)N2CCCCCC2)cc1C(=O)NN. The molecule has 1 aliphatic heterocycles. The molecule has 0 unspecified atom stereocenters. The second-order valence-electron chi connectivity index (χ2n) is 4.96. The Morgan fingerprint density at radius 2 is 1.85 bits per heavy atom. The number of hydrogen-bond acceptors (Lipinski definition) is 4. The van der Waals surface area contributed by atoms with Gasteiger partial charge >= 0.3 is 0 Å². The number of amides is 1. The van der Waals surface area contributed by atoms with E-state index in [0.29, 0.717) is 13.1 Å². The molecule has 20 heavy (non-hydrogen) atoms. The fraction of sp³-hybridized carbons (Fsp3) is 0.583. The Hall–Kier alpha value is -1.38. The van der Waals surface area contributed by atoms with Gasteiger partial charge in [0.1, 0.15) is 10.6 Å². The highest BCUT2D eigenvalue weighted by atomic mass is 32.2. The average molecular weight is 300 g/mol. The highest BCUT2D eigenvalue weighted by Gasteiger charge is 2.27. The van der Waals surface area contributed by atoms with E-state index in [1.54, 1.807) is 7.05 Å². The van der Waals surface area contributed by atoms with Crippen molar-refractivity contribution in [1.29, 1.82) is 0 Å². The Morgan fingerprint density at radius 3 is 2.40 bits per heavy atom. The molecule has 3 N–H and O–H groups in total. The lowest BCUT2D eigenvalue weighted by atomic mass is 10.2. The second kappa shape index (κ2) is 5.94. The molecule has 0 atom stereocenters. The lowest BCUT2D eigenvalue weighted by molar-refractivity contribution is 0.0945. The zero-order valence-electron chi connectivity index (χ0n) is 11.5. The van der Waals surface area contributed by atoms with E-state index < -0.39 is 15.9 Å². The number of nitrogen functional groups attached to an aromatic ring is 1. The molecule has 112 valence electrons. The third kappa shape index (κ3) is 2.87. The summed E-state index contributed by atoms with van der Waals surface area (Å²) in [5, 5.41) is 0. The topological polar surface area (TPSA) is 97.4 Å². The molecule has 2 rings (SSSR count). The van der Waals surface area contributed by atoms with Gasteiger partial charge < -0.3 is 4.57 Å². The van der Waals surface area contributed by atoms with Crippen LogP contribution in [0.15, 0.2) is 17.2 Å². The molecule has 0 radical (unpaired) electrons. The molecule has 0 saturated carbocycles. The van der Waals surface area contributed by atoms with Crippen LogP contribution < -0.4 is 11.3 Å². The Bertz CT molecular complexity index is 586. The Kier molecular flexibility index (Phi) is 4.46. The van der Waals surface area contributed by atoms with Crippen LogP contribution in [0.2, 0.25) is 0 Å². The minimum atomic E-state index is -3.54. The first-order chi connectivity index (χ1) is 9.46. The predicted molar refractivity (Wildman–Crippen MR) is 74.3 cm³/mol. The number of rotatable bonds is 3. The summed E-state index contributed by atoms with van der Waals surface area (Å²) in [7, 11) is -1.92. The van der Waals surface area contributed by atoms with Crippen LogP contribution in [0, 0.1) is 0 Å². The molecule has 7 nitrogen and oxygen atoms in total. The number of carbonyl (C=O) groups excluding carboxylic acids is 1. The van der Waals surface area contributed by atoms with E-state index in [9.17, 15) is 13.2 Å². The molecule has 1 amide bonds. The molecule has 0 bridgehead atoms. The molecule has 0 aromatic carbocycles. The molecule has 1 aromatic heterocycles. The quantitative estimate of drug-likeness (QED) is 0.473. The maximum absolute atomic E-state index is 12.6. The normalized spacial score (nSPS) is 17.7. The first kappa shape index (κ1) is 15.0. The second-order valence-corrected chi connectivity index (χ2v) is 6.90. The Balaban J connectivity index is 2.31. The van der Waals surface area contributed by atoms with Gasteiger partial charge in [0.2, 0.25) is 10.0 Å². The van der Waals surface area contributed by atoms with E-state index in [-0.39, 0.29) is 10.6 Å². The maximum Gasteiger partial charge on any atom is 0.281 e. The number of nitrogens with one attached hydrogen (secondary N) is 1. The first-order valence-electron chi connectivity index (χ1n) is 6.64. The van der Waals surface area contributed by atoms with Crippen molar-refractivity contribution in [3.63, 3.8) is 0 Å². The highest BCUT2D eigenvalue weighted by molar-refractivity contribution is 7.89. The summed E-state index contributed by atoms with van der Waals surface area (Å²) in [5.41, 5.74) is 2.23. The zero-order valence-corrected chi connectivity index (χ0v) is 12.3. The lowest BCUT2D eigenvalue weighted by Gasteiger charge is -2.18. The van der Waals surface area contributed by atoms with Crippen molar-refractivity contribution in [2.45, 2.75) is 30.6 Å². The maximum atomic E-state index is 12.6. The van der Waals surface area contributed by atoms with Crippen molar-refractivity contribution in [2.24, 2.45) is 12.9 Å². The van der Waals surface area contributed by atoms with Crippen LogP contribution >= 0.6 is 0 Å². The smallest absolute Gasteiger partial charge is 0.281 e. The van der Waals surface area contributed by atoms with Gasteiger partial charge in [0.25, 0.3) is 5.91 Å². The van der Waals surface area contributed by atoms with Gasteiger partial charge in [0.15, 0.2) is 0 Å². The summed E-state index contributed by atoms with van der Waals surface area (Å²) in [6.07, 6.45) is 5.32. The largest absolute Gasteiger partial charge is 0.345 e. The minimum Gasteiger partial charge on any atom is -0.345 e. The first-order valence-corrected chi connectivity index (χ1v) is 8.08. The van der Waals surface area contributed by atoms with E-state index in [2.05, 4.69) is 0 Å². The summed E-state index contributed by atoms with van der Waals surface area (Å²) in [6, 6.07) is 1.36. The monoisotopic (exact) mass is 300 g/mol. The molecular weight excluding hydrogens is 280 g/mol. The number of nitrogens with zero attached hydrogens (tertiary/aromatic N) is 2. The molecule has 1 aromatic rings. The summed E-state index contributed by atoms with van der Waals surface area (Å²) in [6.45, 7) is 1.07. The summed E-state index contributed by atoms with van der Waals surface area (Å²) < 4.78 is 28.1. The fourth-order valence-electron chi connectivity index (χ4n) is 2.41. The van der Waals surface area contributed by atoms with Crippen molar-refractivity contribution >= 4 is 15.9 Å². The van der Waals surface area contributed by atoms with Gasteiger partial charge in [-0.25, -0.2) is 14.3 Å². The fourth-order valence-corrected chi connectivity index (χ4v) is 4.00. The highest BCUT2D eigenvalue weighted by Crippen LogP contribution is 2.21. The van der Waals surface area contributed by atoms with E-state index in [0.717, 1.165) is 25.7 Å². The number of hydrazine groups is 1. The number of carbonyl (C=O) groups is 1. The molecule has 8 heteroatoms. The van der Waals surface area contributed by atoms with Crippen LogP contribution in [0.25, 0.3) is 0 Å². The predicted octanol–water partition coefficient (Wildman–Crippen LogP) is 0.193. The Morgan fingerprint density at radius 1 is 1.25 bits per heavy atom. The van der Waals surface area contributed by atoms with E-state index in [1.807, 2.05) is 5.43 Å². The standard InChI is InChI=1S/C12H20N4O3S/c1-15-9-10(8-11(15)12(17)14-13)20(18,19)16-6-4-2-3-5-7-16/h8-9H,2-7,13H2,1H3,(H,14,17). The van der Waals surface area contributed by atoms with E-state index in [1.165, 1.54) is 21.1 Å². The number of nitrogens with two attached hydrogens (primary N) is 1. The molecule has 1 saturated heterocycles. The number of aryl methyl sites for hydroxylation is 1. The van der Waals surface area contributed by atoms with E-state index in [4.69, 9.17) is 5.84 Å². The van der Waals surface area contributed by atoms with Crippen molar-refractivity contribution in [1.82, 2.24) is 14.3 Å². The van der Waals surface area contributed by atoms with Gasteiger partial charge in [-0.2, -0.15) is 4.31 Å². The van der Waals surface area contributed by atoms with Crippen molar-refractivity contribution in [3.8, 4) is 0 Å². The van der Waals surface area contributed by atoms with Crippen LogP contribution in [-0.2, 0) is 17.1 Å². The number of aromatic nitrogens is 1. The molecule has 2 heterocycles. The molecular formula is C12H20N4O3S. The third-order valence-corrected chi connectivity index (χ3v) is 5.41. The van der Waals surface area contributed by atoms with Crippen LogP contribution in [-0.4, -0.2) is 36.3 Å². The van der Waals surface area contributed by atoms with Crippen molar-refractivity contribution < 1.29 is 13.2 Å². The van der Waals surface area contributed by atoms with Crippen LogP contribution in [0.5, 0.6) is 0 Å². The summed E-state index contributed by atoms with van der Waals surface area (Å²) in [4.78, 5) is 11.7. The van der Waals surface area contributed by atoms with Crippen LogP contribution in [0.3, 0.4) is 0 Å². The number of hydrogen-bond donors (Lipinski definition) is 2. The van der Waals surface area contributed by atoms with Crippen molar-refractivity contribution in [2.75, 3.05) is 13.1 Å². The lowest BCUT2D eigenvalue weighted by Crippen LogP contribution is -2.32. The van der Waals surface area contributed by atoms with Crippen LogP contribution in [0.4, 0.5) is 0 Å². The molecule has 1 aliphatic rings. The van der Waals surface area contributed by atoms with Crippen molar-refractivity contribution in [3.05, 3.63) is 18.0 Å². The molecule has 0 aliphatic carbocycles. The van der Waals surface area contributed by atoms with Gasteiger partial charge in [-0.3, -0.25) is 10.2 Å². The molecule has 0 spiro atoms. The van der Waals surface area contributed by atoms with Gasteiger partial charge in [0, 0.05) is 26.3 Å². The van der Waals surface area contributed by atoms with E-state index >= 15 is 0 Å². The average Bonchev–Trinajstić information content (AvgIpc) is 2.66. The third-order valence-electron chi connectivity index (χ3n) is 3.55. The number of sulfonamides is 1. The van der Waals surface area contributed by atoms with Gasteiger partial charge in [-0.15, -0.1) is 0 Å².